The van der Waals surface area contributed by atoms with Crippen LogP contribution >= 0.6 is 0 Å². The first-order chi connectivity index (χ1) is 7.97. The molecule has 1 aromatic rings. The molecule has 0 unspecified atom stereocenters. The van der Waals surface area contributed by atoms with Crippen LogP contribution in [0.1, 0.15) is 0 Å². The second-order valence-electron chi connectivity index (χ2n) is 3.11. The summed E-state index contributed by atoms with van der Waals surface area (Å²) in [5.41, 5.74) is 5.22. The average molecular weight is 259 g/mol. The molecule has 0 heterocycles. The summed E-state index contributed by atoms with van der Waals surface area (Å²) in [5.74, 6) is 0. The number of carbonyl (C=O) groups is 1. The van der Waals surface area contributed by atoms with Crippen molar-refractivity contribution in [2.24, 2.45) is 5.73 Å². The van der Waals surface area contributed by atoms with E-state index in [1.165, 1.54) is 12.1 Å². The molecule has 17 heavy (non-hydrogen) atoms. The SMILES string of the molecule is NC(=O)N(CCO)S(=O)(=O)Nc1ccccc1. The highest BCUT2D eigenvalue weighted by Crippen LogP contribution is 2.10. The Labute approximate surface area is 99.0 Å². The Morgan fingerprint density at radius 3 is 2.41 bits per heavy atom. The van der Waals surface area contributed by atoms with Gasteiger partial charge in [0.15, 0.2) is 0 Å². The Hall–Kier alpha value is -1.80. The normalized spacial score (nSPS) is 10.9. The van der Waals surface area contributed by atoms with E-state index in [0.717, 1.165) is 0 Å². The van der Waals surface area contributed by atoms with Crippen molar-refractivity contribution < 1.29 is 18.3 Å². The number of hydrogen-bond donors (Lipinski definition) is 3. The first kappa shape index (κ1) is 13.3. The Kier molecular flexibility index (Phi) is 4.30. The third-order valence-corrected chi connectivity index (χ3v) is 3.30. The molecule has 2 amide bonds. The van der Waals surface area contributed by atoms with Crippen molar-refractivity contribution in [3.8, 4) is 0 Å². The molecule has 0 aliphatic heterocycles. The lowest BCUT2D eigenvalue weighted by Gasteiger charge is -2.19. The lowest BCUT2D eigenvalue weighted by Crippen LogP contribution is -2.45. The smallest absolute Gasteiger partial charge is 0.329 e. The Morgan fingerprint density at radius 2 is 1.94 bits per heavy atom. The number of hydrogen-bond acceptors (Lipinski definition) is 4. The van der Waals surface area contributed by atoms with Gasteiger partial charge < -0.3 is 10.8 Å². The largest absolute Gasteiger partial charge is 0.394 e. The fourth-order valence-corrected chi connectivity index (χ4v) is 2.25. The van der Waals surface area contributed by atoms with Crippen molar-refractivity contribution in [1.82, 2.24) is 4.31 Å². The lowest BCUT2D eigenvalue weighted by atomic mass is 10.3. The van der Waals surface area contributed by atoms with Crippen molar-refractivity contribution in [3.05, 3.63) is 30.3 Å². The number of benzene rings is 1. The van der Waals surface area contributed by atoms with E-state index in [1.54, 1.807) is 18.2 Å². The number of primary amides is 1. The number of carbonyl (C=O) groups excluding carboxylic acids is 1. The van der Waals surface area contributed by atoms with Gasteiger partial charge in [-0.15, -0.1) is 0 Å². The Bertz CT molecular complexity index is 474. The Balaban J connectivity index is 2.90. The van der Waals surface area contributed by atoms with Gasteiger partial charge in [-0.2, -0.15) is 8.42 Å². The molecular formula is C9H13N3O4S. The first-order valence-electron chi connectivity index (χ1n) is 4.73. The van der Waals surface area contributed by atoms with Gasteiger partial charge in [0, 0.05) is 0 Å². The van der Waals surface area contributed by atoms with Crippen LogP contribution in [0.2, 0.25) is 0 Å². The Morgan fingerprint density at radius 1 is 1.35 bits per heavy atom. The van der Waals surface area contributed by atoms with E-state index in [4.69, 9.17) is 10.8 Å². The topological polar surface area (TPSA) is 113 Å². The molecule has 0 saturated heterocycles. The highest BCUT2D eigenvalue weighted by Gasteiger charge is 2.24. The molecule has 0 aliphatic rings. The van der Waals surface area contributed by atoms with Gasteiger partial charge in [-0.05, 0) is 12.1 Å². The maximum atomic E-state index is 11.7. The quantitative estimate of drug-likeness (QED) is 0.674. The minimum absolute atomic E-state index is 0.302. The molecule has 0 aromatic heterocycles. The van der Waals surface area contributed by atoms with Crippen molar-refractivity contribution in [1.29, 1.82) is 0 Å². The molecular weight excluding hydrogens is 246 g/mol. The van der Waals surface area contributed by atoms with Gasteiger partial charge in [0.1, 0.15) is 0 Å². The van der Waals surface area contributed by atoms with Gasteiger partial charge in [-0.3, -0.25) is 4.72 Å². The molecule has 0 radical (unpaired) electrons. The van der Waals surface area contributed by atoms with Crippen LogP contribution in [0.3, 0.4) is 0 Å². The number of aliphatic hydroxyl groups is 1. The molecule has 0 bridgehead atoms. The van der Waals surface area contributed by atoms with Crippen LogP contribution in [-0.4, -0.2) is 37.0 Å². The zero-order valence-corrected chi connectivity index (χ0v) is 9.72. The molecule has 1 aromatic carbocycles. The fourth-order valence-electron chi connectivity index (χ4n) is 1.15. The van der Waals surface area contributed by atoms with Gasteiger partial charge in [-0.1, -0.05) is 18.2 Å². The summed E-state index contributed by atoms with van der Waals surface area (Å²) in [7, 11) is -4.09. The molecule has 1 rings (SSSR count). The lowest BCUT2D eigenvalue weighted by molar-refractivity contribution is 0.217. The fraction of sp³-hybridized carbons (Fsp3) is 0.222. The average Bonchev–Trinajstić information content (AvgIpc) is 2.26. The zero-order chi connectivity index (χ0) is 12.9. The molecule has 4 N–H and O–H groups in total. The number of nitrogens with one attached hydrogen (secondary N) is 1. The van der Waals surface area contributed by atoms with Gasteiger partial charge in [-0.25, -0.2) is 9.10 Å². The maximum Gasteiger partial charge on any atom is 0.329 e. The van der Waals surface area contributed by atoms with Crippen LogP contribution in [0.4, 0.5) is 10.5 Å². The van der Waals surface area contributed by atoms with E-state index in [9.17, 15) is 13.2 Å². The summed E-state index contributed by atoms with van der Waals surface area (Å²) < 4.78 is 26.0. The van der Waals surface area contributed by atoms with Gasteiger partial charge in [0.25, 0.3) is 0 Å². The highest BCUT2D eigenvalue weighted by molar-refractivity contribution is 7.90. The molecule has 8 heteroatoms. The summed E-state index contributed by atoms with van der Waals surface area (Å²) in [6.07, 6.45) is 0. The summed E-state index contributed by atoms with van der Waals surface area (Å²) in [6, 6.07) is 6.89. The number of aliphatic hydroxyl groups excluding tert-OH is 1. The van der Waals surface area contributed by atoms with Crippen LogP contribution in [0, 0.1) is 0 Å². The number of rotatable bonds is 5. The van der Waals surface area contributed by atoms with Crippen molar-refractivity contribution in [3.63, 3.8) is 0 Å². The predicted molar refractivity (Wildman–Crippen MR) is 62.4 cm³/mol. The number of urea groups is 1. The third-order valence-electron chi connectivity index (χ3n) is 1.86. The molecule has 0 saturated carbocycles. The molecule has 0 fully saturated rings. The summed E-state index contributed by atoms with van der Waals surface area (Å²) in [6.45, 7) is -0.893. The number of para-hydroxylation sites is 1. The van der Waals surface area contributed by atoms with Gasteiger partial charge in [0.05, 0.1) is 18.8 Å². The van der Waals surface area contributed by atoms with Gasteiger partial charge >= 0.3 is 16.2 Å². The van der Waals surface area contributed by atoms with Crippen LogP contribution in [-0.2, 0) is 10.2 Å². The molecule has 0 spiro atoms. The maximum absolute atomic E-state index is 11.7. The van der Waals surface area contributed by atoms with E-state index in [-0.39, 0.29) is 0 Å². The van der Waals surface area contributed by atoms with E-state index in [0.29, 0.717) is 9.99 Å². The minimum atomic E-state index is -4.09. The highest BCUT2D eigenvalue weighted by atomic mass is 32.2. The van der Waals surface area contributed by atoms with E-state index in [1.807, 2.05) is 0 Å². The van der Waals surface area contributed by atoms with E-state index >= 15 is 0 Å². The summed E-state index contributed by atoms with van der Waals surface area (Å²) in [5, 5.41) is 8.67. The monoisotopic (exact) mass is 259 g/mol. The second-order valence-corrected chi connectivity index (χ2v) is 4.70. The predicted octanol–water partition coefficient (Wildman–Crippen LogP) is -0.284. The third kappa shape index (κ3) is 3.61. The first-order valence-corrected chi connectivity index (χ1v) is 6.17. The number of nitrogens with two attached hydrogens (primary N) is 1. The van der Waals surface area contributed by atoms with E-state index in [2.05, 4.69) is 4.72 Å². The van der Waals surface area contributed by atoms with Crippen LogP contribution in [0.5, 0.6) is 0 Å². The summed E-state index contributed by atoms with van der Waals surface area (Å²) in [4.78, 5) is 10.9. The van der Waals surface area contributed by atoms with Gasteiger partial charge in [0.2, 0.25) is 0 Å². The molecule has 0 atom stereocenters. The number of amides is 2. The van der Waals surface area contributed by atoms with Crippen LogP contribution in [0.15, 0.2) is 30.3 Å². The van der Waals surface area contributed by atoms with Crippen LogP contribution < -0.4 is 10.5 Å². The number of anilines is 1. The van der Waals surface area contributed by atoms with Crippen molar-refractivity contribution >= 4 is 21.9 Å². The molecule has 0 aliphatic carbocycles. The molecule has 7 nitrogen and oxygen atoms in total. The van der Waals surface area contributed by atoms with Crippen molar-refractivity contribution in [2.75, 3.05) is 17.9 Å². The molecule has 94 valence electrons. The zero-order valence-electron chi connectivity index (χ0n) is 8.91. The number of nitrogens with zero attached hydrogens (tertiary/aromatic N) is 1. The standard InChI is InChI=1S/C9H13N3O4S/c10-9(14)12(6-7-13)17(15,16)11-8-4-2-1-3-5-8/h1-5,11,13H,6-7H2,(H2,10,14). The van der Waals surface area contributed by atoms with Crippen molar-refractivity contribution in [2.45, 2.75) is 0 Å². The summed E-state index contributed by atoms with van der Waals surface area (Å²) >= 11 is 0. The minimum Gasteiger partial charge on any atom is -0.394 e. The second kappa shape index (κ2) is 5.51. The van der Waals surface area contributed by atoms with Crippen LogP contribution in [0.25, 0.3) is 0 Å². The van der Waals surface area contributed by atoms with E-state index < -0.39 is 29.4 Å².